The molecule has 22 heavy (non-hydrogen) atoms. The molecule has 1 aromatic carbocycles. The molecule has 0 aromatic heterocycles. The van der Waals surface area contributed by atoms with Gasteiger partial charge in [0.05, 0.1) is 11.6 Å². The van der Waals surface area contributed by atoms with Gasteiger partial charge in [-0.05, 0) is 57.4 Å². The number of piperidine rings is 1. The van der Waals surface area contributed by atoms with E-state index in [1.807, 2.05) is 26.0 Å². The number of nitrogens with two attached hydrogens (primary N) is 1. The van der Waals surface area contributed by atoms with E-state index < -0.39 is 11.6 Å². The van der Waals surface area contributed by atoms with Gasteiger partial charge in [-0.2, -0.15) is 0 Å². The molecule has 1 aromatic rings. The number of urea groups is 1. The lowest BCUT2D eigenvalue weighted by molar-refractivity contribution is -0.128. The lowest BCUT2D eigenvalue weighted by atomic mass is 9.89. The predicted octanol–water partition coefficient (Wildman–Crippen LogP) is 1.89. The summed E-state index contributed by atoms with van der Waals surface area (Å²) in [6, 6.07) is 6.58. The van der Waals surface area contributed by atoms with Gasteiger partial charge < -0.3 is 21.7 Å². The third-order valence-electron chi connectivity index (χ3n) is 4.15. The lowest BCUT2D eigenvalue weighted by Gasteiger charge is -2.34. The molecule has 1 heterocycles. The Morgan fingerprint density at radius 3 is 2.50 bits per heavy atom. The van der Waals surface area contributed by atoms with Crippen LogP contribution in [-0.2, 0) is 4.79 Å². The van der Waals surface area contributed by atoms with E-state index in [4.69, 9.17) is 5.73 Å². The van der Waals surface area contributed by atoms with Crippen LogP contribution in [0, 0.1) is 0 Å². The number of hydrogen-bond donors (Lipinski definition) is 4. The molecule has 120 valence electrons. The van der Waals surface area contributed by atoms with E-state index in [9.17, 15) is 9.59 Å². The molecule has 6 nitrogen and oxygen atoms in total. The maximum atomic E-state index is 12.5. The quantitative estimate of drug-likeness (QED) is 0.684. The Labute approximate surface area is 130 Å². The summed E-state index contributed by atoms with van der Waals surface area (Å²) in [6.07, 6.45) is 3.04. The van der Waals surface area contributed by atoms with Gasteiger partial charge in [0.1, 0.15) is 0 Å². The number of amides is 3. The second kappa shape index (κ2) is 6.79. The third kappa shape index (κ3) is 3.98. The number of carbonyl (C=O) groups is 2. The van der Waals surface area contributed by atoms with E-state index >= 15 is 0 Å². The molecular weight excluding hydrogens is 280 g/mol. The van der Waals surface area contributed by atoms with Gasteiger partial charge in [-0.25, -0.2) is 4.79 Å². The summed E-state index contributed by atoms with van der Waals surface area (Å²) in [5, 5.41) is 8.87. The van der Waals surface area contributed by atoms with Crippen molar-refractivity contribution in [2.45, 2.75) is 44.7 Å². The van der Waals surface area contributed by atoms with Crippen LogP contribution in [0.1, 0.15) is 44.7 Å². The summed E-state index contributed by atoms with van der Waals surface area (Å²) in [6.45, 7) is 4.78. The minimum absolute atomic E-state index is 0.0269. The molecule has 1 fully saturated rings. The van der Waals surface area contributed by atoms with Gasteiger partial charge in [0, 0.05) is 5.69 Å². The second-order valence-corrected chi connectivity index (χ2v) is 6.02. The van der Waals surface area contributed by atoms with Crippen LogP contribution in [0.25, 0.3) is 0 Å². The summed E-state index contributed by atoms with van der Waals surface area (Å²) in [4.78, 5) is 23.3. The molecule has 6 heteroatoms. The smallest absolute Gasteiger partial charge is 0.316 e. The van der Waals surface area contributed by atoms with E-state index in [1.165, 1.54) is 0 Å². The highest BCUT2D eigenvalue weighted by molar-refractivity contribution is 5.88. The first-order chi connectivity index (χ1) is 10.4. The molecule has 5 N–H and O–H groups in total. The van der Waals surface area contributed by atoms with Crippen LogP contribution in [0.15, 0.2) is 24.3 Å². The van der Waals surface area contributed by atoms with E-state index in [1.54, 1.807) is 12.1 Å². The molecule has 0 spiro atoms. The Hall–Kier alpha value is -2.08. The normalized spacial score (nSPS) is 22.6. The highest BCUT2D eigenvalue weighted by Crippen LogP contribution is 2.21. The van der Waals surface area contributed by atoms with Gasteiger partial charge in [0.2, 0.25) is 5.91 Å². The number of benzene rings is 1. The predicted molar refractivity (Wildman–Crippen MR) is 86.5 cm³/mol. The summed E-state index contributed by atoms with van der Waals surface area (Å²) >= 11 is 0. The van der Waals surface area contributed by atoms with E-state index in [2.05, 4.69) is 16.0 Å². The van der Waals surface area contributed by atoms with Crippen molar-refractivity contribution in [1.82, 2.24) is 10.6 Å². The zero-order chi connectivity index (χ0) is 16.2. The Morgan fingerprint density at radius 1 is 1.27 bits per heavy atom. The number of nitrogens with one attached hydrogen (secondary N) is 3. The van der Waals surface area contributed by atoms with Crippen LogP contribution in [0.5, 0.6) is 0 Å². The Balaban J connectivity index is 1.97. The van der Waals surface area contributed by atoms with Crippen LogP contribution in [0.4, 0.5) is 10.5 Å². The van der Waals surface area contributed by atoms with E-state index in [-0.39, 0.29) is 11.9 Å². The van der Waals surface area contributed by atoms with Crippen LogP contribution >= 0.6 is 0 Å². The highest BCUT2D eigenvalue weighted by Gasteiger charge is 2.34. The number of primary amides is 1. The minimum Gasteiger partial charge on any atom is -0.351 e. The third-order valence-corrected chi connectivity index (χ3v) is 4.15. The first kappa shape index (κ1) is 16.3. The van der Waals surface area contributed by atoms with Crippen molar-refractivity contribution in [3.8, 4) is 0 Å². The summed E-state index contributed by atoms with van der Waals surface area (Å²) in [5.41, 5.74) is 6.19. The molecular formula is C16H24N4O2. The van der Waals surface area contributed by atoms with Gasteiger partial charge in [0.15, 0.2) is 0 Å². The van der Waals surface area contributed by atoms with Crippen LogP contribution in [-0.4, -0.2) is 24.0 Å². The first-order valence-corrected chi connectivity index (χ1v) is 7.63. The fraction of sp³-hybridized carbons (Fsp3) is 0.500. The largest absolute Gasteiger partial charge is 0.351 e. The molecule has 0 radical (unpaired) electrons. The Kier molecular flexibility index (Phi) is 5.03. The molecule has 1 aliphatic heterocycles. The van der Waals surface area contributed by atoms with Crippen LogP contribution in [0.3, 0.4) is 0 Å². The van der Waals surface area contributed by atoms with Crippen LogP contribution < -0.4 is 21.7 Å². The van der Waals surface area contributed by atoms with Gasteiger partial charge in [-0.15, -0.1) is 0 Å². The number of hydrogen-bond acceptors (Lipinski definition) is 3. The SMILES string of the molecule is CC(NC(=O)C1(C)CCCCN1)c1ccc(NC(N)=O)cc1. The average Bonchev–Trinajstić information content (AvgIpc) is 2.48. The second-order valence-electron chi connectivity index (χ2n) is 6.02. The first-order valence-electron chi connectivity index (χ1n) is 7.63. The summed E-state index contributed by atoms with van der Waals surface area (Å²) < 4.78 is 0. The van der Waals surface area contributed by atoms with Gasteiger partial charge in [-0.1, -0.05) is 12.1 Å². The molecule has 2 atom stereocenters. The Morgan fingerprint density at radius 2 is 1.95 bits per heavy atom. The van der Waals surface area contributed by atoms with Crippen molar-refractivity contribution in [3.05, 3.63) is 29.8 Å². The summed E-state index contributed by atoms with van der Waals surface area (Å²) in [5.74, 6) is 0.0269. The summed E-state index contributed by atoms with van der Waals surface area (Å²) in [7, 11) is 0. The Bertz CT molecular complexity index is 536. The topological polar surface area (TPSA) is 96.2 Å². The van der Waals surface area contributed by atoms with Crippen LogP contribution in [0.2, 0.25) is 0 Å². The maximum Gasteiger partial charge on any atom is 0.316 e. The van der Waals surface area contributed by atoms with Gasteiger partial charge >= 0.3 is 6.03 Å². The fourth-order valence-corrected chi connectivity index (χ4v) is 2.69. The molecule has 0 saturated carbocycles. The molecule has 1 aliphatic rings. The maximum absolute atomic E-state index is 12.5. The van der Waals surface area contributed by atoms with Gasteiger partial charge in [0.25, 0.3) is 0 Å². The highest BCUT2D eigenvalue weighted by atomic mass is 16.2. The van der Waals surface area contributed by atoms with Crippen molar-refractivity contribution in [1.29, 1.82) is 0 Å². The molecule has 3 amide bonds. The van der Waals surface area contributed by atoms with Crippen molar-refractivity contribution in [2.24, 2.45) is 5.73 Å². The monoisotopic (exact) mass is 304 g/mol. The van der Waals surface area contributed by atoms with E-state index in [0.717, 1.165) is 31.4 Å². The van der Waals surface area contributed by atoms with Crippen molar-refractivity contribution in [2.75, 3.05) is 11.9 Å². The number of rotatable bonds is 4. The molecule has 0 bridgehead atoms. The van der Waals surface area contributed by atoms with Crippen molar-refractivity contribution >= 4 is 17.6 Å². The zero-order valence-corrected chi connectivity index (χ0v) is 13.1. The van der Waals surface area contributed by atoms with Crippen molar-refractivity contribution in [3.63, 3.8) is 0 Å². The van der Waals surface area contributed by atoms with Gasteiger partial charge in [-0.3, -0.25) is 4.79 Å². The lowest BCUT2D eigenvalue weighted by Crippen LogP contribution is -2.57. The van der Waals surface area contributed by atoms with E-state index in [0.29, 0.717) is 5.69 Å². The molecule has 2 unspecified atom stereocenters. The molecule has 0 aliphatic carbocycles. The standard InChI is InChI=1S/C16H24N4O2/c1-11(12-5-7-13(8-6-12)20-15(17)22)19-14(21)16(2)9-3-4-10-18-16/h5-8,11,18H,3-4,9-10H2,1-2H3,(H,19,21)(H3,17,20,22). The van der Waals surface area contributed by atoms with Crippen molar-refractivity contribution < 1.29 is 9.59 Å². The minimum atomic E-state index is -0.592. The average molecular weight is 304 g/mol. The fourth-order valence-electron chi connectivity index (χ4n) is 2.69. The zero-order valence-electron chi connectivity index (χ0n) is 13.1. The molecule has 1 saturated heterocycles. The number of carbonyl (C=O) groups excluding carboxylic acids is 2. The molecule has 2 rings (SSSR count). The number of anilines is 1.